The van der Waals surface area contributed by atoms with E-state index < -0.39 is 10.0 Å². The highest BCUT2D eigenvalue weighted by Crippen LogP contribution is 2.43. The van der Waals surface area contributed by atoms with Crippen LogP contribution in [0.1, 0.15) is 37.8 Å². The summed E-state index contributed by atoms with van der Waals surface area (Å²) in [5.74, 6) is 0. The zero-order chi connectivity index (χ0) is 18.9. The summed E-state index contributed by atoms with van der Waals surface area (Å²) in [6.45, 7) is 4.35. The van der Waals surface area contributed by atoms with Crippen molar-refractivity contribution in [2.24, 2.45) is 0 Å². The van der Waals surface area contributed by atoms with Crippen LogP contribution in [-0.4, -0.2) is 19.7 Å². The number of H-pyrrole nitrogens is 1. The van der Waals surface area contributed by atoms with E-state index in [2.05, 4.69) is 35.7 Å². The van der Waals surface area contributed by atoms with E-state index >= 15 is 0 Å². The van der Waals surface area contributed by atoms with Crippen molar-refractivity contribution in [1.29, 1.82) is 0 Å². The molecule has 0 atom stereocenters. The van der Waals surface area contributed by atoms with Gasteiger partial charge in [-0.1, -0.05) is 49.7 Å². The molecule has 1 heterocycles. The lowest BCUT2D eigenvalue weighted by molar-refractivity contribution is 0.482. The van der Waals surface area contributed by atoms with Crippen molar-refractivity contribution in [2.45, 2.75) is 32.1 Å². The van der Waals surface area contributed by atoms with Gasteiger partial charge in [0, 0.05) is 22.0 Å². The number of hydrogen-bond acceptors (Lipinski definition) is 2. The van der Waals surface area contributed by atoms with Gasteiger partial charge in [0.25, 0.3) is 0 Å². The van der Waals surface area contributed by atoms with Crippen LogP contribution in [0.2, 0.25) is 5.02 Å². The molecule has 0 aliphatic heterocycles. The molecule has 4 nitrogen and oxygen atoms in total. The summed E-state index contributed by atoms with van der Waals surface area (Å²) < 4.78 is 25.9. The van der Waals surface area contributed by atoms with Crippen molar-refractivity contribution in [3.05, 3.63) is 64.8 Å². The van der Waals surface area contributed by atoms with E-state index in [1.807, 2.05) is 30.5 Å². The molecule has 1 aromatic heterocycles. The molecule has 0 saturated carbocycles. The zero-order valence-corrected chi connectivity index (χ0v) is 16.7. The third kappa shape index (κ3) is 3.33. The van der Waals surface area contributed by atoms with Crippen LogP contribution in [0.4, 0.5) is 5.69 Å². The average Bonchev–Trinajstić information content (AvgIpc) is 3.03. The van der Waals surface area contributed by atoms with E-state index in [1.54, 1.807) is 6.07 Å². The number of para-hydroxylation sites is 1. The maximum atomic E-state index is 11.7. The minimum Gasteiger partial charge on any atom is -0.359 e. The van der Waals surface area contributed by atoms with Crippen LogP contribution in [0.3, 0.4) is 0 Å². The van der Waals surface area contributed by atoms with Gasteiger partial charge in [0.05, 0.1) is 17.5 Å². The number of halogens is 1. The number of hydrogen-bond donors (Lipinski definition) is 2. The number of fused-ring (bicyclic) bond motifs is 1. The Morgan fingerprint density at radius 3 is 2.31 bits per heavy atom. The quantitative estimate of drug-likeness (QED) is 0.600. The summed E-state index contributed by atoms with van der Waals surface area (Å²) in [4.78, 5) is 3.28. The van der Waals surface area contributed by atoms with Crippen molar-refractivity contribution in [1.82, 2.24) is 4.98 Å². The monoisotopic (exact) mass is 390 g/mol. The fourth-order valence-electron chi connectivity index (χ4n) is 3.80. The third-order valence-electron chi connectivity index (χ3n) is 5.13. The minimum absolute atomic E-state index is 0.174. The molecule has 0 aliphatic rings. The molecule has 0 bridgehead atoms. The zero-order valence-electron chi connectivity index (χ0n) is 15.1. The highest BCUT2D eigenvalue weighted by Gasteiger charge is 2.33. The minimum atomic E-state index is -3.35. The van der Waals surface area contributed by atoms with E-state index in [0.29, 0.717) is 10.7 Å². The molecule has 0 saturated heterocycles. The fraction of sp³-hybridized carbons (Fsp3) is 0.300. The van der Waals surface area contributed by atoms with Gasteiger partial charge in [0.2, 0.25) is 10.0 Å². The van der Waals surface area contributed by atoms with E-state index in [9.17, 15) is 8.42 Å². The first-order valence-electron chi connectivity index (χ1n) is 8.65. The summed E-state index contributed by atoms with van der Waals surface area (Å²) >= 11 is 6.08. The molecule has 0 unspecified atom stereocenters. The van der Waals surface area contributed by atoms with Crippen LogP contribution in [0.25, 0.3) is 10.9 Å². The highest BCUT2D eigenvalue weighted by atomic mass is 35.5. The van der Waals surface area contributed by atoms with Gasteiger partial charge in [-0.25, -0.2) is 8.42 Å². The van der Waals surface area contributed by atoms with Gasteiger partial charge >= 0.3 is 0 Å². The van der Waals surface area contributed by atoms with Crippen LogP contribution in [0.15, 0.2) is 48.7 Å². The fourth-order valence-corrected chi connectivity index (χ4v) is 4.49. The van der Waals surface area contributed by atoms with Crippen molar-refractivity contribution < 1.29 is 8.42 Å². The standard InChI is InChI=1S/C20H23ClN2O2S/c1-4-20(5-2,14-9-11-15(21)12-10-14)17-13-22-19-16(17)7-6-8-18(19)23-26(3,24)25/h6-13,22-23H,4-5H2,1-3H3. The Kier molecular flexibility index (Phi) is 5.04. The van der Waals surface area contributed by atoms with Gasteiger partial charge in [-0.05, 0) is 42.2 Å². The van der Waals surface area contributed by atoms with Gasteiger partial charge in [-0.2, -0.15) is 0 Å². The molecule has 0 spiro atoms. The van der Waals surface area contributed by atoms with Gasteiger partial charge in [-0.3, -0.25) is 4.72 Å². The second kappa shape index (κ2) is 6.97. The van der Waals surface area contributed by atoms with E-state index in [-0.39, 0.29) is 5.41 Å². The Morgan fingerprint density at radius 2 is 1.73 bits per heavy atom. The van der Waals surface area contributed by atoms with E-state index in [4.69, 9.17) is 11.6 Å². The van der Waals surface area contributed by atoms with Gasteiger partial charge in [0.15, 0.2) is 0 Å². The number of sulfonamides is 1. The molecule has 138 valence electrons. The molecular formula is C20H23ClN2O2S. The number of aromatic nitrogens is 1. The lowest BCUT2D eigenvalue weighted by Crippen LogP contribution is -2.25. The topological polar surface area (TPSA) is 62.0 Å². The Morgan fingerprint density at radius 1 is 1.08 bits per heavy atom. The normalized spacial score (nSPS) is 12.5. The first kappa shape index (κ1) is 18.8. The summed E-state index contributed by atoms with van der Waals surface area (Å²) in [5, 5.41) is 1.74. The number of anilines is 1. The number of rotatable bonds is 6. The van der Waals surface area contributed by atoms with Gasteiger partial charge < -0.3 is 4.98 Å². The van der Waals surface area contributed by atoms with Crippen LogP contribution in [0.5, 0.6) is 0 Å². The largest absolute Gasteiger partial charge is 0.359 e. The highest BCUT2D eigenvalue weighted by molar-refractivity contribution is 7.92. The number of nitrogens with one attached hydrogen (secondary N) is 2. The van der Waals surface area contributed by atoms with Crippen molar-refractivity contribution in [3.63, 3.8) is 0 Å². The smallest absolute Gasteiger partial charge is 0.229 e. The molecular weight excluding hydrogens is 368 g/mol. The molecule has 2 N–H and O–H groups in total. The Balaban J connectivity index is 2.22. The molecule has 0 amide bonds. The first-order valence-corrected chi connectivity index (χ1v) is 10.9. The Hall–Kier alpha value is -1.98. The first-order chi connectivity index (χ1) is 12.3. The predicted octanol–water partition coefficient (Wildman–Crippen LogP) is 5.30. The van der Waals surface area contributed by atoms with E-state index in [1.165, 1.54) is 5.56 Å². The molecule has 0 radical (unpaired) electrons. The van der Waals surface area contributed by atoms with E-state index in [0.717, 1.165) is 35.6 Å². The number of benzene rings is 2. The van der Waals surface area contributed by atoms with Crippen molar-refractivity contribution in [3.8, 4) is 0 Å². The number of aromatic amines is 1. The molecule has 3 rings (SSSR count). The third-order valence-corrected chi connectivity index (χ3v) is 5.97. The van der Waals surface area contributed by atoms with Crippen molar-refractivity contribution >= 4 is 38.2 Å². The summed E-state index contributed by atoms with van der Waals surface area (Å²) in [7, 11) is -3.35. The van der Waals surface area contributed by atoms with Crippen LogP contribution >= 0.6 is 11.6 Å². The molecule has 0 fully saturated rings. The molecule has 26 heavy (non-hydrogen) atoms. The second-order valence-corrected chi connectivity index (χ2v) is 8.79. The Labute approximate surface area is 159 Å². The summed E-state index contributed by atoms with van der Waals surface area (Å²) in [5.41, 5.74) is 3.56. The van der Waals surface area contributed by atoms with Crippen LogP contribution in [0, 0.1) is 0 Å². The van der Waals surface area contributed by atoms with Crippen LogP contribution < -0.4 is 4.72 Å². The Bertz CT molecular complexity index is 1020. The molecule has 0 aliphatic carbocycles. The average molecular weight is 391 g/mol. The summed E-state index contributed by atoms with van der Waals surface area (Å²) in [6, 6.07) is 13.7. The SMILES string of the molecule is CCC(CC)(c1ccc(Cl)cc1)c1c[nH]c2c(NS(C)(=O)=O)cccc12. The van der Waals surface area contributed by atoms with Gasteiger partial charge in [-0.15, -0.1) is 0 Å². The van der Waals surface area contributed by atoms with Crippen LogP contribution in [-0.2, 0) is 15.4 Å². The molecule has 6 heteroatoms. The lowest BCUT2D eigenvalue weighted by atomic mass is 9.70. The molecule has 2 aromatic carbocycles. The second-order valence-electron chi connectivity index (χ2n) is 6.60. The van der Waals surface area contributed by atoms with Gasteiger partial charge in [0.1, 0.15) is 0 Å². The van der Waals surface area contributed by atoms with Crippen molar-refractivity contribution in [2.75, 3.05) is 11.0 Å². The maximum absolute atomic E-state index is 11.7. The molecule has 3 aromatic rings. The lowest BCUT2D eigenvalue weighted by Gasteiger charge is -2.32. The summed E-state index contributed by atoms with van der Waals surface area (Å²) in [6.07, 6.45) is 5.00. The predicted molar refractivity (Wildman–Crippen MR) is 110 cm³/mol. The maximum Gasteiger partial charge on any atom is 0.229 e.